The second kappa shape index (κ2) is 3.59. The number of hydrogen-bond donors (Lipinski definition) is 0. The Labute approximate surface area is 95.7 Å². The molecule has 1 aliphatic carbocycles. The first kappa shape index (κ1) is 9.85. The van der Waals surface area contributed by atoms with Crippen LogP contribution < -0.4 is 4.74 Å². The fourth-order valence-corrected chi connectivity index (χ4v) is 2.88. The lowest BCUT2D eigenvalue weighted by Crippen LogP contribution is -2.27. The van der Waals surface area contributed by atoms with Crippen molar-refractivity contribution in [2.75, 3.05) is 20.7 Å². The van der Waals surface area contributed by atoms with Gasteiger partial charge in [-0.25, -0.2) is 4.98 Å². The van der Waals surface area contributed by atoms with Crippen LogP contribution >= 0.6 is 0 Å². The number of aromatic nitrogens is 1. The van der Waals surface area contributed by atoms with E-state index in [4.69, 9.17) is 4.74 Å². The van der Waals surface area contributed by atoms with Crippen molar-refractivity contribution in [2.45, 2.75) is 12.5 Å². The van der Waals surface area contributed by atoms with E-state index in [1.54, 1.807) is 7.11 Å². The summed E-state index contributed by atoms with van der Waals surface area (Å²) < 4.78 is 5.17. The average molecular weight is 216 g/mol. The third-order valence-corrected chi connectivity index (χ3v) is 3.63. The van der Waals surface area contributed by atoms with Gasteiger partial charge in [0.25, 0.3) is 0 Å². The Kier molecular flexibility index (Phi) is 2.21. The molecule has 2 bridgehead atoms. The van der Waals surface area contributed by atoms with Crippen molar-refractivity contribution < 1.29 is 4.74 Å². The van der Waals surface area contributed by atoms with Gasteiger partial charge in [0.05, 0.1) is 7.11 Å². The number of hydrogen-bond acceptors (Lipinski definition) is 3. The van der Waals surface area contributed by atoms with Gasteiger partial charge in [0, 0.05) is 24.8 Å². The smallest absolute Gasteiger partial charge is 0.213 e. The van der Waals surface area contributed by atoms with Crippen LogP contribution in [-0.4, -0.2) is 36.6 Å². The van der Waals surface area contributed by atoms with Crippen LogP contribution in [0.15, 0.2) is 24.4 Å². The second-order valence-electron chi connectivity index (χ2n) is 4.66. The molecule has 0 spiro atoms. The van der Waals surface area contributed by atoms with Crippen molar-refractivity contribution in [1.29, 1.82) is 0 Å². The van der Waals surface area contributed by atoms with Crippen molar-refractivity contribution in [3.05, 3.63) is 30.0 Å². The Morgan fingerprint density at radius 3 is 3.06 bits per heavy atom. The summed E-state index contributed by atoms with van der Waals surface area (Å²) in [5.74, 6) is 1.44. The third kappa shape index (κ3) is 1.43. The Morgan fingerprint density at radius 2 is 2.38 bits per heavy atom. The fraction of sp³-hybridized carbons (Fsp3) is 0.462. The van der Waals surface area contributed by atoms with Crippen molar-refractivity contribution in [3.8, 4) is 5.88 Å². The molecule has 1 aromatic heterocycles. The molecule has 0 N–H and O–H groups in total. The summed E-state index contributed by atoms with van der Waals surface area (Å²) in [5, 5.41) is 0. The molecule has 0 saturated carbocycles. The Balaban J connectivity index is 1.96. The van der Waals surface area contributed by atoms with Crippen LogP contribution in [0.5, 0.6) is 5.88 Å². The minimum absolute atomic E-state index is 0.595. The van der Waals surface area contributed by atoms with Gasteiger partial charge in [0.1, 0.15) is 0 Å². The molecule has 1 aliphatic heterocycles. The molecule has 2 atom stereocenters. The van der Waals surface area contributed by atoms with Gasteiger partial charge in [-0.1, -0.05) is 6.08 Å². The number of nitrogens with zero attached hydrogens (tertiary/aromatic N) is 2. The molecular formula is C13H16N2O. The lowest BCUT2D eigenvalue weighted by molar-refractivity contribution is 0.353. The highest BCUT2D eigenvalue weighted by Crippen LogP contribution is 2.40. The number of likely N-dealkylation sites (tertiary alicyclic amines) is 1. The van der Waals surface area contributed by atoms with Crippen molar-refractivity contribution in [1.82, 2.24) is 9.88 Å². The summed E-state index contributed by atoms with van der Waals surface area (Å²) in [6.45, 7) is 1.20. The Hall–Kier alpha value is -1.35. The number of methoxy groups -OCH3 is 1. The molecule has 3 heteroatoms. The minimum Gasteiger partial charge on any atom is -0.481 e. The van der Waals surface area contributed by atoms with Gasteiger partial charge in [-0.15, -0.1) is 0 Å². The monoisotopic (exact) mass is 216 g/mol. The van der Waals surface area contributed by atoms with Crippen LogP contribution in [0.25, 0.3) is 5.57 Å². The first-order valence-corrected chi connectivity index (χ1v) is 5.70. The lowest BCUT2D eigenvalue weighted by Gasteiger charge is -2.24. The van der Waals surface area contributed by atoms with Crippen LogP contribution in [0.3, 0.4) is 0 Å². The predicted molar refractivity (Wildman–Crippen MR) is 63.3 cm³/mol. The van der Waals surface area contributed by atoms with Gasteiger partial charge in [-0.2, -0.15) is 0 Å². The summed E-state index contributed by atoms with van der Waals surface area (Å²) >= 11 is 0. The summed E-state index contributed by atoms with van der Waals surface area (Å²) in [6.07, 6.45) is 5.51. The maximum absolute atomic E-state index is 5.17. The minimum atomic E-state index is 0.595. The van der Waals surface area contributed by atoms with Crippen LogP contribution in [0, 0.1) is 5.92 Å². The number of rotatable bonds is 2. The van der Waals surface area contributed by atoms with Gasteiger partial charge >= 0.3 is 0 Å². The summed E-state index contributed by atoms with van der Waals surface area (Å²) in [4.78, 5) is 6.58. The van der Waals surface area contributed by atoms with E-state index in [1.807, 2.05) is 12.3 Å². The van der Waals surface area contributed by atoms with Gasteiger partial charge in [0.15, 0.2) is 0 Å². The standard InChI is InChI=1S/C13H16N2O/c1-15-8-9-5-11(12(15)6-9)10-3-4-14-13(7-10)16-2/h3-5,7,9,12H,6,8H2,1-2H3. The van der Waals surface area contributed by atoms with E-state index in [-0.39, 0.29) is 0 Å². The van der Waals surface area contributed by atoms with Gasteiger partial charge in [-0.05, 0) is 36.6 Å². The van der Waals surface area contributed by atoms with Gasteiger partial charge in [-0.3, -0.25) is 4.90 Å². The summed E-state index contributed by atoms with van der Waals surface area (Å²) in [6, 6.07) is 4.70. The molecule has 84 valence electrons. The van der Waals surface area contributed by atoms with E-state index in [0.717, 1.165) is 5.92 Å². The maximum Gasteiger partial charge on any atom is 0.213 e. The highest BCUT2D eigenvalue weighted by molar-refractivity contribution is 5.73. The predicted octanol–water partition coefficient (Wildman–Crippen LogP) is 1.81. The first-order chi connectivity index (χ1) is 7.78. The van der Waals surface area contributed by atoms with E-state index < -0.39 is 0 Å². The van der Waals surface area contributed by atoms with E-state index in [9.17, 15) is 0 Å². The van der Waals surface area contributed by atoms with Gasteiger partial charge < -0.3 is 4.74 Å². The summed E-state index contributed by atoms with van der Waals surface area (Å²) in [7, 11) is 3.86. The average Bonchev–Trinajstić information content (AvgIpc) is 2.88. The molecule has 16 heavy (non-hydrogen) atoms. The molecule has 3 rings (SSSR count). The molecule has 1 fully saturated rings. The lowest BCUT2D eigenvalue weighted by atomic mass is 10.0. The zero-order chi connectivity index (χ0) is 11.1. The quantitative estimate of drug-likeness (QED) is 0.754. The van der Waals surface area contributed by atoms with Gasteiger partial charge in [0.2, 0.25) is 5.88 Å². The van der Waals surface area contributed by atoms with Crippen molar-refractivity contribution in [3.63, 3.8) is 0 Å². The SMILES string of the molecule is COc1cc(C2=CC3CC2N(C)C3)ccn1. The van der Waals surface area contributed by atoms with Crippen LogP contribution in [-0.2, 0) is 0 Å². The van der Waals surface area contributed by atoms with E-state index >= 15 is 0 Å². The molecule has 2 aliphatic rings. The van der Waals surface area contributed by atoms with E-state index in [1.165, 1.54) is 24.1 Å². The number of likely N-dealkylation sites (N-methyl/N-ethyl adjacent to an activating group) is 1. The van der Waals surface area contributed by atoms with E-state index in [2.05, 4.69) is 29.1 Å². The molecule has 0 aromatic carbocycles. The molecule has 1 aromatic rings. The van der Waals surface area contributed by atoms with Crippen molar-refractivity contribution in [2.24, 2.45) is 5.92 Å². The van der Waals surface area contributed by atoms with Crippen molar-refractivity contribution >= 4 is 5.57 Å². The topological polar surface area (TPSA) is 25.4 Å². The van der Waals surface area contributed by atoms with Crippen LogP contribution in [0.1, 0.15) is 12.0 Å². The largest absolute Gasteiger partial charge is 0.481 e. The highest BCUT2D eigenvalue weighted by atomic mass is 16.5. The van der Waals surface area contributed by atoms with Crippen LogP contribution in [0.4, 0.5) is 0 Å². The Morgan fingerprint density at radius 1 is 1.50 bits per heavy atom. The molecule has 0 amide bonds. The van der Waals surface area contributed by atoms with Crippen LogP contribution in [0.2, 0.25) is 0 Å². The molecule has 2 unspecified atom stereocenters. The molecule has 1 saturated heterocycles. The zero-order valence-electron chi connectivity index (χ0n) is 9.68. The van der Waals surface area contributed by atoms with E-state index in [0.29, 0.717) is 11.9 Å². The Bertz CT molecular complexity index is 441. The maximum atomic E-state index is 5.17. The third-order valence-electron chi connectivity index (χ3n) is 3.63. The summed E-state index contributed by atoms with van der Waals surface area (Å²) in [5.41, 5.74) is 2.70. The number of ether oxygens (including phenoxy) is 1. The zero-order valence-corrected chi connectivity index (χ0v) is 9.68. The normalized spacial score (nSPS) is 28.2. The number of fused-ring (bicyclic) bond motifs is 2. The first-order valence-electron chi connectivity index (χ1n) is 5.70. The molecule has 0 radical (unpaired) electrons. The molecular weight excluding hydrogens is 200 g/mol. The highest BCUT2D eigenvalue weighted by Gasteiger charge is 2.37. The fourth-order valence-electron chi connectivity index (χ4n) is 2.88. The molecule has 2 heterocycles. The number of pyridine rings is 1. The molecule has 3 nitrogen and oxygen atoms in total. The second-order valence-corrected chi connectivity index (χ2v) is 4.66.